The van der Waals surface area contributed by atoms with Crippen LogP contribution in [-0.2, 0) is 6.54 Å². The topological polar surface area (TPSA) is 63.6 Å². The van der Waals surface area contributed by atoms with E-state index in [-0.39, 0.29) is 11.6 Å². The van der Waals surface area contributed by atoms with E-state index in [1.165, 1.54) is 4.40 Å². The van der Waals surface area contributed by atoms with Crippen molar-refractivity contribution in [2.45, 2.75) is 25.9 Å². The van der Waals surface area contributed by atoms with Gasteiger partial charge in [0.15, 0.2) is 0 Å². The Hall–Kier alpha value is -1.43. The van der Waals surface area contributed by atoms with Gasteiger partial charge in [0, 0.05) is 37.9 Å². The Morgan fingerprint density at radius 3 is 3.00 bits per heavy atom. The van der Waals surface area contributed by atoms with E-state index in [2.05, 4.69) is 16.8 Å². The van der Waals surface area contributed by atoms with Crippen molar-refractivity contribution in [3.63, 3.8) is 0 Å². The first kappa shape index (κ1) is 14.5. The molecular formula is C15H19ClN4O. The minimum atomic E-state index is -0.105. The summed E-state index contributed by atoms with van der Waals surface area (Å²) in [6.45, 7) is 4.71. The molecule has 0 aromatic carbocycles. The molecule has 1 aliphatic heterocycles. The highest BCUT2D eigenvalue weighted by molar-refractivity contribution is 6.30. The highest BCUT2D eigenvalue weighted by Gasteiger charge is 2.22. The van der Waals surface area contributed by atoms with Crippen LogP contribution in [0.2, 0.25) is 5.02 Å². The summed E-state index contributed by atoms with van der Waals surface area (Å²) in [5.74, 6) is 0.578. The highest BCUT2D eigenvalue weighted by atomic mass is 35.5. The van der Waals surface area contributed by atoms with Crippen LogP contribution < -0.4 is 11.3 Å². The zero-order valence-corrected chi connectivity index (χ0v) is 12.8. The number of piperidine rings is 1. The number of halogens is 1. The number of likely N-dealkylation sites (tertiary alicyclic amines) is 1. The molecule has 21 heavy (non-hydrogen) atoms. The number of hydrogen-bond acceptors (Lipinski definition) is 4. The van der Waals surface area contributed by atoms with Gasteiger partial charge in [-0.2, -0.15) is 0 Å². The summed E-state index contributed by atoms with van der Waals surface area (Å²) < 4.78 is 1.47. The SMILES string of the molecule is CC1CC(N)CN(Cc2cc(=O)n3cc(Cl)ccc3n2)C1. The van der Waals surface area contributed by atoms with E-state index < -0.39 is 0 Å². The summed E-state index contributed by atoms with van der Waals surface area (Å²) in [6.07, 6.45) is 2.65. The van der Waals surface area contributed by atoms with Crippen molar-refractivity contribution in [1.82, 2.24) is 14.3 Å². The van der Waals surface area contributed by atoms with E-state index in [1.807, 2.05) is 0 Å². The average Bonchev–Trinajstić information content (AvgIpc) is 2.38. The third-order valence-corrected chi connectivity index (χ3v) is 4.05. The fraction of sp³-hybridized carbons (Fsp3) is 0.467. The van der Waals surface area contributed by atoms with E-state index in [0.29, 0.717) is 23.1 Å². The number of pyridine rings is 1. The van der Waals surface area contributed by atoms with Gasteiger partial charge >= 0.3 is 0 Å². The van der Waals surface area contributed by atoms with Crippen molar-refractivity contribution in [3.05, 3.63) is 45.5 Å². The minimum Gasteiger partial charge on any atom is -0.327 e. The predicted octanol–water partition coefficient (Wildman–Crippen LogP) is 1.52. The molecule has 0 amide bonds. The van der Waals surface area contributed by atoms with Gasteiger partial charge in [0.25, 0.3) is 5.56 Å². The normalized spacial score (nSPS) is 23.6. The molecule has 0 aliphatic carbocycles. The maximum atomic E-state index is 12.1. The van der Waals surface area contributed by atoms with Gasteiger partial charge < -0.3 is 5.73 Å². The molecule has 1 aliphatic rings. The maximum Gasteiger partial charge on any atom is 0.258 e. The molecule has 0 bridgehead atoms. The van der Waals surface area contributed by atoms with Crippen LogP contribution in [0, 0.1) is 5.92 Å². The van der Waals surface area contributed by atoms with Gasteiger partial charge in [0.1, 0.15) is 5.65 Å². The Morgan fingerprint density at radius 2 is 2.24 bits per heavy atom. The molecule has 2 aromatic rings. The summed E-state index contributed by atoms with van der Waals surface area (Å²) in [5, 5.41) is 0.523. The third kappa shape index (κ3) is 3.26. The number of fused-ring (bicyclic) bond motifs is 1. The van der Waals surface area contributed by atoms with E-state index >= 15 is 0 Å². The van der Waals surface area contributed by atoms with Gasteiger partial charge in [-0.25, -0.2) is 4.98 Å². The quantitative estimate of drug-likeness (QED) is 0.913. The van der Waals surface area contributed by atoms with Crippen LogP contribution in [0.25, 0.3) is 5.65 Å². The van der Waals surface area contributed by atoms with Crippen LogP contribution >= 0.6 is 11.6 Å². The molecule has 3 heterocycles. The summed E-state index contributed by atoms with van der Waals surface area (Å²) in [6, 6.07) is 5.28. The molecule has 2 unspecified atom stereocenters. The monoisotopic (exact) mass is 306 g/mol. The zero-order valence-electron chi connectivity index (χ0n) is 12.0. The van der Waals surface area contributed by atoms with E-state index in [9.17, 15) is 4.79 Å². The molecule has 112 valence electrons. The molecule has 2 N–H and O–H groups in total. The Bertz CT molecular complexity index is 704. The number of aromatic nitrogens is 2. The standard InChI is InChI=1S/C15H19ClN4O/c1-10-4-12(17)8-19(6-10)9-13-5-15(21)20-7-11(16)2-3-14(20)18-13/h2-3,5,7,10,12H,4,6,8-9,17H2,1H3. The smallest absolute Gasteiger partial charge is 0.258 e. The number of hydrogen-bond donors (Lipinski definition) is 1. The largest absolute Gasteiger partial charge is 0.327 e. The van der Waals surface area contributed by atoms with Crippen molar-refractivity contribution in [1.29, 1.82) is 0 Å². The molecule has 0 spiro atoms. The van der Waals surface area contributed by atoms with Crippen LogP contribution in [0.1, 0.15) is 19.0 Å². The average molecular weight is 307 g/mol. The predicted molar refractivity (Wildman–Crippen MR) is 83.5 cm³/mol. The van der Waals surface area contributed by atoms with E-state index in [4.69, 9.17) is 17.3 Å². The molecule has 2 aromatic heterocycles. The van der Waals surface area contributed by atoms with Crippen LogP contribution in [0.4, 0.5) is 0 Å². The summed E-state index contributed by atoms with van der Waals surface area (Å²) in [4.78, 5) is 19.0. The fourth-order valence-electron chi connectivity index (χ4n) is 3.08. The summed E-state index contributed by atoms with van der Waals surface area (Å²) in [5.41, 5.74) is 7.36. The van der Waals surface area contributed by atoms with Gasteiger partial charge in [0.2, 0.25) is 0 Å². The number of rotatable bonds is 2. The number of nitrogens with zero attached hydrogens (tertiary/aromatic N) is 3. The molecule has 5 nitrogen and oxygen atoms in total. The first-order chi connectivity index (χ1) is 10.0. The van der Waals surface area contributed by atoms with Crippen molar-refractivity contribution >= 4 is 17.2 Å². The van der Waals surface area contributed by atoms with Gasteiger partial charge in [-0.3, -0.25) is 14.1 Å². The van der Waals surface area contributed by atoms with Crippen LogP contribution in [-0.4, -0.2) is 33.4 Å². The second kappa shape index (κ2) is 5.75. The first-order valence-electron chi connectivity index (χ1n) is 7.17. The lowest BCUT2D eigenvalue weighted by Crippen LogP contribution is -2.46. The molecule has 2 atom stereocenters. The van der Waals surface area contributed by atoms with Crippen molar-refractivity contribution in [2.24, 2.45) is 11.7 Å². The van der Waals surface area contributed by atoms with Crippen molar-refractivity contribution in [3.8, 4) is 0 Å². The molecule has 3 rings (SSSR count). The van der Waals surface area contributed by atoms with Crippen molar-refractivity contribution < 1.29 is 0 Å². The molecule has 0 saturated carbocycles. The lowest BCUT2D eigenvalue weighted by atomic mass is 9.96. The second-order valence-electron chi connectivity index (χ2n) is 5.96. The fourth-order valence-corrected chi connectivity index (χ4v) is 3.24. The van der Waals surface area contributed by atoms with E-state index in [1.54, 1.807) is 24.4 Å². The Balaban J connectivity index is 1.87. The van der Waals surface area contributed by atoms with Gasteiger partial charge in [-0.05, 0) is 24.5 Å². The lowest BCUT2D eigenvalue weighted by molar-refractivity contribution is 0.157. The minimum absolute atomic E-state index is 0.105. The maximum absolute atomic E-state index is 12.1. The molecule has 0 radical (unpaired) electrons. The second-order valence-corrected chi connectivity index (χ2v) is 6.39. The van der Waals surface area contributed by atoms with Crippen LogP contribution in [0.3, 0.4) is 0 Å². The Kier molecular flexibility index (Phi) is 3.97. The number of nitrogens with two attached hydrogens (primary N) is 1. The van der Waals surface area contributed by atoms with Crippen molar-refractivity contribution in [2.75, 3.05) is 13.1 Å². The zero-order chi connectivity index (χ0) is 15.0. The summed E-state index contributed by atoms with van der Waals surface area (Å²) in [7, 11) is 0. The van der Waals surface area contributed by atoms with Crippen LogP contribution in [0.5, 0.6) is 0 Å². The first-order valence-corrected chi connectivity index (χ1v) is 7.55. The van der Waals surface area contributed by atoms with Gasteiger partial charge in [-0.1, -0.05) is 18.5 Å². The molecule has 1 saturated heterocycles. The lowest BCUT2D eigenvalue weighted by Gasteiger charge is -2.34. The third-order valence-electron chi connectivity index (χ3n) is 3.83. The van der Waals surface area contributed by atoms with E-state index in [0.717, 1.165) is 25.2 Å². The molecular weight excluding hydrogens is 288 g/mol. The van der Waals surface area contributed by atoms with Crippen LogP contribution in [0.15, 0.2) is 29.2 Å². The Morgan fingerprint density at radius 1 is 1.43 bits per heavy atom. The molecule has 6 heteroatoms. The van der Waals surface area contributed by atoms with Gasteiger partial charge in [-0.15, -0.1) is 0 Å². The summed E-state index contributed by atoms with van der Waals surface area (Å²) >= 11 is 5.91. The highest BCUT2D eigenvalue weighted by Crippen LogP contribution is 2.17. The molecule has 1 fully saturated rings. The Labute approximate surface area is 128 Å². The van der Waals surface area contributed by atoms with Gasteiger partial charge in [0.05, 0.1) is 10.7 Å².